The summed E-state index contributed by atoms with van der Waals surface area (Å²) in [6, 6.07) is 16.9. The van der Waals surface area contributed by atoms with E-state index in [0.29, 0.717) is 23.0 Å². The van der Waals surface area contributed by atoms with Crippen molar-refractivity contribution >= 4 is 28.8 Å². The van der Waals surface area contributed by atoms with Gasteiger partial charge in [0.15, 0.2) is 5.78 Å². The molecule has 0 radical (unpaired) electrons. The van der Waals surface area contributed by atoms with Crippen LogP contribution in [0.4, 0.5) is 23.0 Å². The first-order valence-electron chi connectivity index (χ1n) is 9.16. The first kappa shape index (κ1) is 19.4. The highest BCUT2D eigenvalue weighted by Crippen LogP contribution is 2.23. The molecule has 0 aliphatic heterocycles. The van der Waals surface area contributed by atoms with Crippen LogP contribution in [0.1, 0.15) is 37.0 Å². The monoisotopic (exact) mass is 376 g/mol. The van der Waals surface area contributed by atoms with E-state index in [2.05, 4.69) is 20.6 Å². The molecule has 6 heteroatoms. The van der Waals surface area contributed by atoms with Crippen molar-refractivity contribution in [2.45, 2.75) is 33.8 Å². The Kier molecular flexibility index (Phi) is 5.89. The van der Waals surface area contributed by atoms with E-state index in [1.165, 1.54) is 0 Å². The van der Waals surface area contributed by atoms with E-state index in [-0.39, 0.29) is 11.9 Å². The molecule has 2 aromatic carbocycles. The summed E-state index contributed by atoms with van der Waals surface area (Å²) in [5, 5.41) is 6.53. The number of carbonyl (C=O) groups excluding carboxylic acids is 1. The van der Waals surface area contributed by atoms with Gasteiger partial charge in [-0.15, -0.1) is 0 Å². The molecule has 0 aliphatic rings. The van der Waals surface area contributed by atoms with Crippen molar-refractivity contribution in [2.75, 3.05) is 10.6 Å². The lowest BCUT2D eigenvalue weighted by Crippen LogP contribution is -2.05. The highest BCUT2D eigenvalue weighted by molar-refractivity contribution is 5.94. The summed E-state index contributed by atoms with van der Waals surface area (Å²) in [6.07, 6.45) is 0.140. The SMILES string of the molecule is CC(=O)c1ccc(Nc2cc(Nc3ccc(OC(C)C)cc3)nc(C)n2)cc1. The molecule has 1 aromatic heterocycles. The van der Waals surface area contributed by atoms with Gasteiger partial charge in [-0.25, -0.2) is 9.97 Å². The van der Waals surface area contributed by atoms with Crippen molar-refractivity contribution in [3.05, 3.63) is 66.0 Å². The molecule has 0 aliphatic carbocycles. The normalized spacial score (nSPS) is 10.6. The average molecular weight is 376 g/mol. The summed E-state index contributed by atoms with van der Waals surface area (Å²) in [7, 11) is 0. The first-order valence-corrected chi connectivity index (χ1v) is 9.16. The Morgan fingerprint density at radius 2 is 1.39 bits per heavy atom. The lowest BCUT2D eigenvalue weighted by Gasteiger charge is -2.12. The van der Waals surface area contributed by atoms with Gasteiger partial charge in [0, 0.05) is 23.0 Å². The number of hydrogen-bond donors (Lipinski definition) is 2. The summed E-state index contributed by atoms with van der Waals surface area (Å²) in [5.74, 6) is 2.88. The third-order valence-electron chi connectivity index (χ3n) is 3.90. The Balaban J connectivity index is 1.73. The van der Waals surface area contributed by atoms with Crippen LogP contribution >= 0.6 is 0 Å². The van der Waals surface area contributed by atoms with Crippen LogP contribution in [-0.4, -0.2) is 21.9 Å². The molecule has 0 atom stereocenters. The maximum absolute atomic E-state index is 11.4. The van der Waals surface area contributed by atoms with Crippen LogP contribution in [-0.2, 0) is 0 Å². The van der Waals surface area contributed by atoms with Gasteiger partial charge in [0.1, 0.15) is 23.2 Å². The van der Waals surface area contributed by atoms with E-state index < -0.39 is 0 Å². The number of ether oxygens (including phenoxy) is 1. The maximum Gasteiger partial charge on any atom is 0.159 e. The fourth-order valence-electron chi connectivity index (χ4n) is 2.67. The summed E-state index contributed by atoms with van der Waals surface area (Å²) in [5.41, 5.74) is 2.44. The predicted octanol–water partition coefficient (Wildman–Crippen LogP) is 5.26. The van der Waals surface area contributed by atoms with E-state index in [9.17, 15) is 4.79 Å². The molecule has 2 N–H and O–H groups in total. The van der Waals surface area contributed by atoms with Crippen molar-refractivity contribution in [3.63, 3.8) is 0 Å². The predicted molar refractivity (Wildman–Crippen MR) is 112 cm³/mol. The Labute approximate surface area is 165 Å². The van der Waals surface area contributed by atoms with Gasteiger partial charge in [-0.1, -0.05) is 0 Å². The molecule has 3 aromatic rings. The number of anilines is 4. The second-order valence-corrected chi connectivity index (χ2v) is 6.76. The van der Waals surface area contributed by atoms with Gasteiger partial charge in [0.2, 0.25) is 0 Å². The molecule has 28 heavy (non-hydrogen) atoms. The second kappa shape index (κ2) is 8.52. The lowest BCUT2D eigenvalue weighted by molar-refractivity contribution is 0.101. The minimum absolute atomic E-state index is 0.0423. The number of nitrogens with zero attached hydrogens (tertiary/aromatic N) is 2. The zero-order chi connectivity index (χ0) is 20.1. The molecule has 0 unspecified atom stereocenters. The van der Waals surface area contributed by atoms with Crippen molar-refractivity contribution in [1.29, 1.82) is 0 Å². The van der Waals surface area contributed by atoms with E-state index in [1.807, 2.05) is 63.2 Å². The molecule has 0 bridgehead atoms. The zero-order valence-corrected chi connectivity index (χ0v) is 16.5. The first-order chi connectivity index (χ1) is 13.4. The number of aromatic nitrogens is 2. The minimum Gasteiger partial charge on any atom is -0.491 e. The molecule has 0 saturated carbocycles. The molecule has 3 rings (SSSR count). The fraction of sp³-hybridized carbons (Fsp3) is 0.227. The molecular formula is C22H24N4O2. The third-order valence-corrected chi connectivity index (χ3v) is 3.90. The Hall–Kier alpha value is -3.41. The summed E-state index contributed by atoms with van der Waals surface area (Å²) < 4.78 is 5.66. The Morgan fingerprint density at radius 1 is 0.893 bits per heavy atom. The number of benzene rings is 2. The minimum atomic E-state index is 0.0423. The summed E-state index contributed by atoms with van der Waals surface area (Å²) >= 11 is 0. The van der Waals surface area contributed by atoms with E-state index in [0.717, 1.165) is 17.1 Å². The van der Waals surface area contributed by atoms with Gasteiger partial charge in [0.05, 0.1) is 6.10 Å². The molecule has 0 fully saturated rings. The van der Waals surface area contributed by atoms with Gasteiger partial charge >= 0.3 is 0 Å². The quantitative estimate of drug-likeness (QED) is 0.548. The molecular weight excluding hydrogens is 352 g/mol. The number of ketones is 1. The lowest BCUT2D eigenvalue weighted by atomic mass is 10.1. The smallest absolute Gasteiger partial charge is 0.159 e. The van der Waals surface area contributed by atoms with E-state index in [1.54, 1.807) is 19.1 Å². The molecule has 0 saturated heterocycles. The van der Waals surface area contributed by atoms with Crippen molar-refractivity contribution in [1.82, 2.24) is 9.97 Å². The standard InChI is InChI=1S/C22H24N4O2/c1-14(2)28-20-11-9-19(10-12-20)26-22-13-21(23-16(4)24-22)25-18-7-5-17(6-8-18)15(3)27/h5-14H,1-4H3,(H2,23,24,25,26). The fourth-order valence-corrected chi connectivity index (χ4v) is 2.67. The van der Waals surface area contributed by atoms with E-state index >= 15 is 0 Å². The molecule has 0 amide bonds. The van der Waals surface area contributed by atoms with E-state index in [4.69, 9.17) is 4.74 Å². The van der Waals surface area contributed by atoms with Crippen LogP contribution in [0.25, 0.3) is 0 Å². The number of rotatable bonds is 7. The van der Waals surface area contributed by atoms with Crippen LogP contribution in [0, 0.1) is 6.92 Å². The average Bonchev–Trinajstić information content (AvgIpc) is 2.63. The van der Waals surface area contributed by atoms with Gasteiger partial charge in [0.25, 0.3) is 0 Å². The molecule has 0 spiro atoms. The maximum atomic E-state index is 11.4. The van der Waals surface area contributed by atoms with Crippen LogP contribution in [0.15, 0.2) is 54.6 Å². The number of Topliss-reactive ketones (excluding diaryl/α,β-unsaturated/α-hetero) is 1. The van der Waals surface area contributed by atoms with Crippen molar-refractivity contribution < 1.29 is 9.53 Å². The molecule has 1 heterocycles. The van der Waals surface area contributed by atoms with Gasteiger partial charge in [-0.3, -0.25) is 4.79 Å². The highest BCUT2D eigenvalue weighted by atomic mass is 16.5. The molecule has 144 valence electrons. The Bertz CT molecular complexity index is 951. The number of hydrogen-bond acceptors (Lipinski definition) is 6. The van der Waals surface area contributed by atoms with Crippen LogP contribution in [0.2, 0.25) is 0 Å². The zero-order valence-electron chi connectivity index (χ0n) is 16.5. The summed E-state index contributed by atoms with van der Waals surface area (Å²) in [6.45, 7) is 7.39. The van der Waals surface area contributed by atoms with Crippen molar-refractivity contribution in [3.8, 4) is 5.75 Å². The van der Waals surface area contributed by atoms with Gasteiger partial charge in [-0.05, 0) is 76.2 Å². The number of nitrogens with one attached hydrogen (secondary N) is 2. The van der Waals surface area contributed by atoms with Crippen LogP contribution in [0.3, 0.4) is 0 Å². The highest BCUT2D eigenvalue weighted by Gasteiger charge is 2.05. The van der Waals surface area contributed by atoms with Gasteiger partial charge < -0.3 is 15.4 Å². The second-order valence-electron chi connectivity index (χ2n) is 6.76. The number of carbonyl (C=O) groups is 1. The Morgan fingerprint density at radius 3 is 1.86 bits per heavy atom. The van der Waals surface area contributed by atoms with Crippen molar-refractivity contribution in [2.24, 2.45) is 0 Å². The topological polar surface area (TPSA) is 76.1 Å². The third kappa shape index (κ3) is 5.30. The van der Waals surface area contributed by atoms with Crippen LogP contribution < -0.4 is 15.4 Å². The number of aryl methyl sites for hydroxylation is 1. The molecule has 6 nitrogen and oxygen atoms in total. The summed E-state index contributed by atoms with van der Waals surface area (Å²) in [4.78, 5) is 20.3. The largest absolute Gasteiger partial charge is 0.491 e. The van der Waals surface area contributed by atoms with Crippen LogP contribution in [0.5, 0.6) is 5.75 Å². The van der Waals surface area contributed by atoms with Gasteiger partial charge in [-0.2, -0.15) is 0 Å².